The number of carbonyl (C=O) groups excluding carboxylic acids is 4. The van der Waals surface area contributed by atoms with E-state index in [1.807, 2.05) is 0 Å². The Hall–Kier alpha value is -0.920. The zero-order valence-corrected chi connectivity index (χ0v) is 19.6. The number of nitrogens with one attached hydrogen (secondary N) is 2. The zero-order chi connectivity index (χ0) is 19.8. The van der Waals surface area contributed by atoms with E-state index in [4.69, 9.17) is 17.0 Å². The first kappa shape index (κ1) is 23.4. The molecule has 0 radical (unpaired) electrons. The van der Waals surface area contributed by atoms with Crippen molar-refractivity contribution in [1.82, 2.24) is 15.2 Å². The molecule has 2 amide bonds. The van der Waals surface area contributed by atoms with E-state index in [2.05, 4.69) is 10.3 Å². The maximum atomic E-state index is 12.4. The summed E-state index contributed by atoms with van der Waals surface area (Å²) in [6, 6.07) is -0.711. The van der Waals surface area contributed by atoms with Crippen molar-refractivity contribution >= 4 is 59.1 Å². The van der Waals surface area contributed by atoms with Gasteiger partial charge in [0, 0.05) is 30.3 Å². The number of aromatic amines is 1. The van der Waals surface area contributed by atoms with Crippen LogP contribution in [0.5, 0.6) is 0 Å². The summed E-state index contributed by atoms with van der Waals surface area (Å²) in [5.41, 5.74) is -0.789. The maximum absolute atomic E-state index is 12.4. The van der Waals surface area contributed by atoms with Gasteiger partial charge in [-0.15, -0.1) is 23.1 Å². The van der Waals surface area contributed by atoms with Gasteiger partial charge in [0.1, 0.15) is 18.0 Å². The third kappa shape index (κ3) is 4.79. The molecule has 0 aliphatic carbocycles. The van der Waals surface area contributed by atoms with Crippen molar-refractivity contribution in [3.05, 3.63) is 15.0 Å². The van der Waals surface area contributed by atoms with Crippen LogP contribution in [0.1, 0.15) is 12.6 Å². The van der Waals surface area contributed by atoms with E-state index in [0.717, 1.165) is 0 Å². The number of carbonyl (C=O) groups is 4. The molecule has 2 unspecified atom stereocenters. The van der Waals surface area contributed by atoms with Crippen LogP contribution in [-0.4, -0.2) is 64.0 Å². The van der Waals surface area contributed by atoms with E-state index in [-0.39, 0.29) is 72.1 Å². The first-order valence-electron chi connectivity index (χ1n) is 7.95. The standard InChI is InChI=1S/C15H17N3O6S3.Na/c1-7(19)24-5-15(13(22)23)4-18-11(21)10(12(18)27-6-15)17-9(20)2-8-3-26-14(25)16-8;/h3,10,12H,2,4-6H2,1H3,(H,16,25)(H,17,20)(H,22,23);/q;+1/p-1/t10?,12-,15?;/m1./s1. The molecule has 28 heavy (non-hydrogen) atoms. The van der Waals surface area contributed by atoms with Crippen LogP contribution in [-0.2, 0) is 30.3 Å². The fourth-order valence-electron chi connectivity index (χ4n) is 2.94. The smallest absolute Gasteiger partial charge is 0.549 e. The van der Waals surface area contributed by atoms with Gasteiger partial charge >= 0.3 is 35.5 Å². The molecule has 2 fully saturated rings. The van der Waals surface area contributed by atoms with Crippen LogP contribution >= 0.6 is 35.3 Å². The molecular weight excluding hydrogens is 437 g/mol. The van der Waals surface area contributed by atoms with Gasteiger partial charge in [0.2, 0.25) is 11.8 Å². The number of fused-ring (bicyclic) bond motifs is 1. The molecule has 146 valence electrons. The van der Waals surface area contributed by atoms with Crippen molar-refractivity contribution in [2.75, 3.05) is 18.9 Å². The predicted octanol–water partition coefficient (Wildman–Crippen LogP) is -3.95. The normalized spacial score (nSPS) is 25.8. The summed E-state index contributed by atoms with van der Waals surface area (Å²) in [5, 5.41) is 15.7. The number of nitrogens with zero attached hydrogens (tertiary/aromatic N) is 1. The molecular formula is C15H16N3NaO6S3. The molecule has 2 saturated heterocycles. The Balaban J connectivity index is 0.00000280. The molecule has 1 aromatic heterocycles. The Morgan fingerprint density at radius 2 is 2.21 bits per heavy atom. The Labute approximate surface area is 195 Å². The second kappa shape index (κ2) is 9.26. The van der Waals surface area contributed by atoms with Gasteiger partial charge in [-0.25, -0.2) is 0 Å². The minimum Gasteiger partial charge on any atom is -0.549 e. The number of rotatable bonds is 6. The largest absolute Gasteiger partial charge is 1.00 e. The number of aromatic nitrogens is 1. The number of aliphatic carboxylic acids is 1. The molecule has 2 aliphatic rings. The van der Waals surface area contributed by atoms with Crippen molar-refractivity contribution in [2.45, 2.75) is 24.8 Å². The van der Waals surface area contributed by atoms with E-state index in [1.165, 1.54) is 34.9 Å². The van der Waals surface area contributed by atoms with Crippen LogP contribution in [0.2, 0.25) is 0 Å². The van der Waals surface area contributed by atoms with Gasteiger partial charge in [-0.05, 0) is 12.2 Å². The summed E-state index contributed by atoms with van der Waals surface area (Å²) in [4.78, 5) is 51.4. The molecule has 3 rings (SSSR count). The van der Waals surface area contributed by atoms with Crippen molar-refractivity contribution in [2.24, 2.45) is 5.41 Å². The molecule has 2 N–H and O–H groups in total. The van der Waals surface area contributed by atoms with E-state index in [0.29, 0.717) is 9.65 Å². The van der Waals surface area contributed by atoms with Gasteiger partial charge in [-0.2, -0.15) is 0 Å². The molecule has 3 heterocycles. The number of carboxylic acid groups (broad SMARTS) is 1. The van der Waals surface area contributed by atoms with Crippen molar-refractivity contribution in [3.63, 3.8) is 0 Å². The Morgan fingerprint density at radius 3 is 2.79 bits per heavy atom. The summed E-state index contributed by atoms with van der Waals surface area (Å²) in [6.45, 7) is 0.702. The maximum Gasteiger partial charge on any atom is 1.00 e. The summed E-state index contributed by atoms with van der Waals surface area (Å²) < 4.78 is 5.42. The molecule has 0 spiro atoms. The second-order valence-electron chi connectivity index (χ2n) is 6.41. The van der Waals surface area contributed by atoms with E-state index < -0.39 is 23.4 Å². The average molecular weight is 453 g/mol. The van der Waals surface area contributed by atoms with Gasteiger partial charge in [0.25, 0.3) is 0 Å². The van der Waals surface area contributed by atoms with Crippen LogP contribution < -0.4 is 40.0 Å². The van der Waals surface area contributed by atoms with Crippen molar-refractivity contribution < 1.29 is 58.6 Å². The van der Waals surface area contributed by atoms with Crippen LogP contribution in [0.25, 0.3) is 0 Å². The van der Waals surface area contributed by atoms with Gasteiger partial charge in [-0.3, -0.25) is 14.4 Å². The number of H-pyrrole nitrogens is 1. The molecule has 13 heteroatoms. The Kier molecular flexibility index (Phi) is 7.73. The monoisotopic (exact) mass is 453 g/mol. The summed E-state index contributed by atoms with van der Waals surface area (Å²) in [6.07, 6.45) is 0.0732. The van der Waals surface area contributed by atoms with Crippen LogP contribution in [0.3, 0.4) is 0 Å². The van der Waals surface area contributed by atoms with Gasteiger partial charge in [0.15, 0.2) is 3.95 Å². The molecule has 0 aromatic carbocycles. The number of thioether (sulfide) groups is 1. The van der Waals surface area contributed by atoms with Gasteiger partial charge in [0.05, 0.1) is 17.8 Å². The third-order valence-corrected chi connectivity index (χ3v) is 7.06. The number of hydrogen-bond acceptors (Lipinski definition) is 9. The zero-order valence-electron chi connectivity index (χ0n) is 15.2. The second-order valence-corrected chi connectivity index (χ2v) is 9.06. The number of β-lactam (4-membered cyclic amide) rings is 1. The third-order valence-electron chi connectivity index (χ3n) is 4.37. The average Bonchev–Trinajstić information content (AvgIpc) is 3.02. The topological polar surface area (TPSA) is 132 Å². The van der Waals surface area contributed by atoms with Crippen LogP contribution in [0.15, 0.2) is 5.38 Å². The minimum atomic E-state index is -1.46. The van der Waals surface area contributed by atoms with Gasteiger partial charge in [-0.1, -0.05) is 0 Å². The predicted molar refractivity (Wildman–Crippen MR) is 97.2 cm³/mol. The SMILES string of the molecule is CC(=O)OCC1(C(=O)[O-])CS[C@@H]2C(NC(=O)Cc3csc(=S)[nH]3)C(=O)N2C1.[Na+]. The molecule has 9 nitrogen and oxygen atoms in total. The number of ether oxygens (including phenoxy) is 1. The van der Waals surface area contributed by atoms with E-state index in [9.17, 15) is 24.3 Å². The molecule has 0 saturated carbocycles. The number of amides is 2. The minimum absolute atomic E-state index is 0. The summed E-state index contributed by atoms with van der Waals surface area (Å²) in [7, 11) is 0. The molecule has 3 atom stereocenters. The van der Waals surface area contributed by atoms with E-state index >= 15 is 0 Å². The van der Waals surface area contributed by atoms with Crippen LogP contribution in [0, 0.1) is 9.37 Å². The molecule has 0 bridgehead atoms. The van der Waals surface area contributed by atoms with Crippen molar-refractivity contribution in [3.8, 4) is 0 Å². The summed E-state index contributed by atoms with van der Waals surface area (Å²) >= 11 is 7.50. The first-order chi connectivity index (χ1) is 12.7. The summed E-state index contributed by atoms with van der Waals surface area (Å²) in [5.74, 6) is -2.55. The first-order valence-corrected chi connectivity index (χ1v) is 10.3. The molecule has 1 aromatic rings. The van der Waals surface area contributed by atoms with Crippen molar-refractivity contribution in [1.29, 1.82) is 0 Å². The fourth-order valence-corrected chi connectivity index (χ4v) is 5.31. The number of carboxylic acids is 1. The molecule has 2 aliphatic heterocycles. The fraction of sp³-hybridized carbons (Fsp3) is 0.533. The number of thiazole rings is 1. The van der Waals surface area contributed by atoms with Crippen LogP contribution in [0.4, 0.5) is 0 Å². The number of hydrogen-bond donors (Lipinski definition) is 2. The van der Waals surface area contributed by atoms with Gasteiger partial charge < -0.3 is 29.8 Å². The Morgan fingerprint density at radius 1 is 1.50 bits per heavy atom. The quantitative estimate of drug-likeness (QED) is 0.193. The number of esters is 1. The Bertz CT molecular complexity index is 858. The van der Waals surface area contributed by atoms with E-state index in [1.54, 1.807) is 5.38 Å².